The number of alkyl halides is 1. The van der Waals surface area contributed by atoms with Crippen LogP contribution in [0.25, 0.3) is 0 Å². The zero-order valence-electron chi connectivity index (χ0n) is 8.83. The van der Waals surface area contributed by atoms with Gasteiger partial charge in [-0.3, -0.25) is 0 Å². The first kappa shape index (κ1) is 10.7. The molecule has 0 N–H and O–H groups in total. The SMILES string of the molecule is Cc1cc(C)cc(C(Cl)c2cccs2)c1. The Kier molecular flexibility index (Phi) is 3.13. The molecule has 0 aliphatic rings. The molecule has 0 saturated heterocycles. The highest BCUT2D eigenvalue weighted by molar-refractivity contribution is 7.10. The molecule has 0 aliphatic carbocycles. The summed E-state index contributed by atoms with van der Waals surface area (Å²) >= 11 is 8.13. The average Bonchev–Trinajstić information content (AvgIpc) is 2.67. The molecule has 1 atom stereocenters. The molecule has 78 valence electrons. The lowest BCUT2D eigenvalue weighted by Crippen LogP contribution is -1.92. The van der Waals surface area contributed by atoms with E-state index in [1.807, 2.05) is 6.07 Å². The van der Waals surface area contributed by atoms with Crippen molar-refractivity contribution in [2.24, 2.45) is 0 Å². The van der Waals surface area contributed by atoms with Gasteiger partial charge in [0, 0.05) is 4.88 Å². The van der Waals surface area contributed by atoms with Crippen LogP contribution in [-0.4, -0.2) is 0 Å². The summed E-state index contributed by atoms with van der Waals surface area (Å²) in [5.41, 5.74) is 3.73. The van der Waals surface area contributed by atoms with Crippen molar-refractivity contribution in [1.29, 1.82) is 0 Å². The zero-order valence-corrected chi connectivity index (χ0v) is 10.4. The summed E-state index contributed by atoms with van der Waals surface area (Å²) in [4.78, 5) is 1.21. The first-order valence-corrected chi connectivity index (χ1v) is 6.24. The van der Waals surface area contributed by atoms with Crippen LogP contribution in [0.3, 0.4) is 0 Å². The van der Waals surface area contributed by atoms with Crippen LogP contribution in [0.4, 0.5) is 0 Å². The minimum atomic E-state index is -0.0106. The van der Waals surface area contributed by atoms with Gasteiger partial charge >= 0.3 is 0 Å². The molecule has 0 saturated carbocycles. The highest BCUT2D eigenvalue weighted by atomic mass is 35.5. The van der Waals surface area contributed by atoms with E-state index in [1.54, 1.807) is 11.3 Å². The Hall–Kier alpha value is -0.790. The lowest BCUT2D eigenvalue weighted by molar-refractivity contribution is 1.16. The van der Waals surface area contributed by atoms with Crippen LogP contribution in [0.2, 0.25) is 0 Å². The van der Waals surface area contributed by atoms with E-state index in [4.69, 9.17) is 11.6 Å². The van der Waals surface area contributed by atoms with Crippen molar-refractivity contribution in [1.82, 2.24) is 0 Å². The molecular weight excluding hydrogens is 224 g/mol. The van der Waals surface area contributed by atoms with Crippen molar-refractivity contribution in [3.8, 4) is 0 Å². The Balaban J connectivity index is 2.37. The summed E-state index contributed by atoms with van der Waals surface area (Å²) in [6.45, 7) is 4.21. The lowest BCUT2D eigenvalue weighted by atomic mass is 10.0. The van der Waals surface area contributed by atoms with Gasteiger partial charge in [0.2, 0.25) is 0 Å². The maximum Gasteiger partial charge on any atom is 0.0927 e. The fourth-order valence-electron chi connectivity index (χ4n) is 1.76. The van der Waals surface area contributed by atoms with Crippen molar-refractivity contribution in [3.05, 3.63) is 57.3 Å². The van der Waals surface area contributed by atoms with E-state index in [0.29, 0.717) is 0 Å². The van der Waals surface area contributed by atoms with E-state index in [2.05, 4.69) is 43.5 Å². The summed E-state index contributed by atoms with van der Waals surface area (Å²) in [6, 6.07) is 10.6. The van der Waals surface area contributed by atoms with Crippen molar-refractivity contribution in [2.75, 3.05) is 0 Å². The third kappa shape index (κ3) is 2.42. The van der Waals surface area contributed by atoms with Gasteiger partial charge in [-0.2, -0.15) is 0 Å². The van der Waals surface area contributed by atoms with E-state index >= 15 is 0 Å². The van der Waals surface area contributed by atoms with Crippen molar-refractivity contribution < 1.29 is 0 Å². The van der Waals surface area contributed by atoms with Gasteiger partial charge in [-0.15, -0.1) is 22.9 Å². The highest BCUT2D eigenvalue weighted by Crippen LogP contribution is 2.32. The summed E-state index contributed by atoms with van der Waals surface area (Å²) < 4.78 is 0. The molecule has 2 heteroatoms. The molecular formula is C13H13ClS. The van der Waals surface area contributed by atoms with E-state index in [0.717, 1.165) is 0 Å². The van der Waals surface area contributed by atoms with Gasteiger partial charge in [-0.05, 0) is 30.9 Å². The molecule has 0 amide bonds. The van der Waals surface area contributed by atoms with Gasteiger partial charge in [-0.1, -0.05) is 35.4 Å². The molecule has 2 aromatic rings. The fraction of sp³-hybridized carbons (Fsp3) is 0.231. The molecule has 0 radical (unpaired) electrons. The van der Waals surface area contributed by atoms with Gasteiger partial charge < -0.3 is 0 Å². The first-order chi connectivity index (χ1) is 7.16. The number of halogens is 1. The second-order valence-corrected chi connectivity index (χ2v) is 5.21. The van der Waals surface area contributed by atoms with Crippen LogP contribution >= 0.6 is 22.9 Å². The molecule has 1 unspecified atom stereocenters. The Morgan fingerprint density at radius 3 is 2.33 bits per heavy atom. The van der Waals surface area contributed by atoms with E-state index in [9.17, 15) is 0 Å². The highest BCUT2D eigenvalue weighted by Gasteiger charge is 2.11. The maximum absolute atomic E-state index is 6.43. The summed E-state index contributed by atoms with van der Waals surface area (Å²) in [6.07, 6.45) is 0. The molecule has 15 heavy (non-hydrogen) atoms. The van der Waals surface area contributed by atoms with Crippen LogP contribution < -0.4 is 0 Å². The normalized spacial score (nSPS) is 12.7. The Morgan fingerprint density at radius 1 is 1.13 bits per heavy atom. The van der Waals surface area contributed by atoms with E-state index in [1.165, 1.54) is 21.6 Å². The quantitative estimate of drug-likeness (QED) is 0.664. The third-order valence-corrected chi connectivity index (χ3v) is 3.88. The fourth-order valence-corrected chi connectivity index (χ4v) is 2.84. The van der Waals surface area contributed by atoms with Crippen LogP contribution in [-0.2, 0) is 0 Å². The Morgan fingerprint density at radius 2 is 1.80 bits per heavy atom. The molecule has 0 aliphatic heterocycles. The van der Waals surface area contributed by atoms with Crippen LogP contribution in [0.15, 0.2) is 35.7 Å². The third-order valence-electron chi connectivity index (χ3n) is 2.33. The maximum atomic E-state index is 6.43. The van der Waals surface area contributed by atoms with Gasteiger partial charge in [0.25, 0.3) is 0 Å². The zero-order chi connectivity index (χ0) is 10.8. The summed E-state index contributed by atoms with van der Waals surface area (Å²) in [7, 11) is 0. The van der Waals surface area contributed by atoms with Crippen LogP contribution in [0, 0.1) is 13.8 Å². The minimum Gasteiger partial charge on any atom is -0.147 e. The van der Waals surface area contributed by atoms with E-state index < -0.39 is 0 Å². The molecule has 0 spiro atoms. The lowest BCUT2D eigenvalue weighted by Gasteiger charge is -2.09. The number of rotatable bonds is 2. The monoisotopic (exact) mass is 236 g/mol. The van der Waals surface area contributed by atoms with E-state index in [-0.39, 0.29) is 5.38 Å². The molecule has 2 rings (SSSR count). The van der Waals surface area contributed by atoms with Crippen molar-refractivity contribution in [2.45, 2.75) is 19.2 Å². The minimum absolute atomic E-state index is 0.0106. The van der Waals surface area contributed by atoms with Gasteiger partial charge in [0.05, 0.1) is 5.38 Å². The van der Waals surface area contributed by atoms with Gasteiger partial charge in [0.15, 0.2) is 0 Å². The smallest absolute Gasteiger partial charge is 0.0927 e. The molecule has 1 heterocycles. The Bertz CT molecular complexity index is 425. The number of benzene rings is 1. The van der Waals surface area contributed by atoms with Gasteiger partial charge in [0.1, 0.15) is 0 Å². The second-order valence-electron chi connectivity index (χ2n) is 3.80. The molecule has 1 aromatic heterocycles. The Labute approximate surface area is 99.5 Å². The van der Waals surface area contributed by atoms with Crippen molar-refractivity contribution >= 4 is 22.9 Å². The first-order valence-electron chi connectivity index (χ1n) is 4.92. The number of aryl methyl sites for hydroxylation is 2. The predicted octanol–water partition coefficient (Wildman–Crippen LogP) is 4.69. The molecule has 1 aromatic carbocycles. The number of hydrogen-bond acceptors (Lipinski definition) is 1. The summed E-state index contributed by atoms with van der Waals surface area (Å²) in [5, 5.41) is 2.05. The number of hydrogen-bond donors (Lipinski definition) is 0. The topological polar surface area (TPSA) is 0 Å². The van der Waals surface area contributed by atoms with Crippen LogP contribution in [0.5, 0.6) is 0 Å². The molecule has 0 bridgehead atoms. The summed E-state index contributed by atoms with van der Waals surface area (Å²) in [5.74, 6) is 0. The largest absolute Gasteiger partial charge is 0.147 e. The molecule has 0 fully saturated rings. The predicted molar refractivity (Wildman–Crippen MR) is 67.9 cm³/mol. The van der Waals surface area contributed by atoms with Crippen molar-refractivity contribution in [3.63, 3.8) is 0 Å². The number of thiophene rings is 1. The molecule has 0 nitrogen and oxygen atoms in total. The van der Waals surface area contributed by atoms with Crippen LogP contribution in [0.1, 0.15) is 26.9 Å². The van der Waals surface area contributed by atoms with Gasteiger partial charge in [-0.25, -0.2) is 0 Å². The second kappa shape index (κ2) is 4.38. The average molecular weight is 237 g/mol. The standard InChI is InChI=1S/C13H13ClS/c1-9-6-10(2)8-11(7-9)13(14)12-4-3-5-15-12/h3-8,13H,1-2H3.